The van der Waals surface area contributed by atoms with Crippen molar-refractivity contribution in [3.05, 3.63) is 65.2 Å². The Balaban J connectivity index is 2.44. The van der Waals surface area contributed by atoms with Crippen LogP contribution in [-0.4, -0.2) is 4.98 Å². The fraction of sp³-hybridized carbons (Fsp3) is 0.0833. The monoisotopic (exact) mass is 238 g/mol. The molecular weight excluding hydrogens is 229 g/mol. The van der Waals surface area contributed by atoms with Gasteiger partial charge in [0.2, 0.25) is 0 Å². The molecule has 2 nitrogen and oxygen atoms in total. The van der Waals surface area contributed by atoms with Crippen molar-refractivity contribution in [2.75, 3.05) is 0 Å². The predicted octanol–water partition coefficient (Wildman–Crippen LogP) is 2.55. The van der Waals surface area contributed by atoms with E-state index in [9.17, 15) is 13.2 Å². The summed E-state index contributed by atoms with van der Waals surface area (Å²) in [4.78, 5) is 3.57. The lowest BCUT2D eigenvalue weighted by Gasteiger charge is -2.13. The highest BCUT2D eigenvalue weighted by Crippen LogP contribution is 2.24. The van der Waals surface area contributed by atoms with Gasteiger partial charge in [0.25, 0.3) is 0 Å². The van der Waals surface area contributed by atoms with Crippen molar-refractivity contribution < 1.29 is 13.2 Å². The molecule has 2 rings (SSSR count). The maximum absolute atomic E-state index is 13.5. The molecule has 0 radical (unpaired) electrons. The van der Waals surface area contributed by atoms with E-state index in [4.69, 9.17) is 5.73 Å². The third-order valence-corrected chi connectivity index (χ3v) is 2.44. The zero-order valence-corrected chi connectivity index (χ0v) is 8.70. The zero-order valence-electron chi connectivity index (χ0n) is 8.70. The summed E-state index contributed by atoms with van der Waals surface area (Å²) in [7, 11) is 0. The minimum absolute atomic E-state index is 0.0384. The van der Waals surface area contributed by atoms with Gasteiger partial charge < -0.3 is 5.73 Å². The Morgan fingerprint density at radius 2 is 1.71 bits per heavy atom. The van der Waals surface area contributed by atoms with E-state index in [1.165, 1.54) is 18.3 Å². The summed E-state index contributed by atoms with van der Waals surface area (Å²) in [6, 6.07) is 3.38. The summed E-state index contributed by atoms with van der Waals surface area (Å²) in [6.07, 6.45) is 2.36. The normalized spacial score (nSPS) is 12.5. The van der Waals surface area contributed by atoms with Crippen LogP contribution < -0.4 is 5.73 Å². The van der Waals surface area contributed by atoms with Gasteiger partial charge in [-0.25, -0.2) is 13.2 Å². The van der Waals surface area contributed by atoms with Gasteiger partial charge in [-0.15, -0.1) is 0 Å². The molecule has 0 fully saturated rings. The van der Waals surface area contributed by atoms with Gasteiger partial charge in [-0.2, -0.15) is 0 Å². The van der Waals surface area contributed by atoms with E-state index in [1.54, 1.807) is 0 Å². The molecule has 0 aliphatic carbocycles. The smallest absolute Gasteiger partial charge is 0.146 e. The topological polar surface area (TPSA) is 38.9 Å². The quantitative estimate of drug-likeness (QED) is 0.873. The van der Waals surface area contributed by atoms with Gasteiger partial charge in [-0.05, 0) is 12.1 Å². The minimum Gasteiger partial charge on any atom is -0.320 e. The molecule has 2 aromatic rings. The molecule has 1 atom stereocenters. The van der Waals surface area contributed by atoms with E-state index < -0.39 is 23.5 Å². The molecule has 1 unspecified atom stereocenters. The van der Waals surface area contributed by atoms with Gasteiger partial charge in [0.15, 0.2) is 0 Å². The first-order valence-corrected chi connectivity index (χ1v) is 4.89. The molecule has 17 heavy (non-hydrogen) atoms. The van der Waals surface area contributed by atoms with E-state index in [-0.39, 0.29) is 11.1 Å². The molecule has 0 aliphatic heterocycles. The molecule has 0 saturated heterocycles. The first-order chi connectivity index (χ1) is 8.09. The lowest BCUT2D eigenvalue weighted by Crippen LogP contribution is -2.15. The van der Waals surface area contributed by atoms with Crippen molar-refractivity contribution in [3.63, 3.8) is 0 Å². The van der Waals surface area contributed by atoms with Gasteiger partial charge in [-0.3, -0.25) is 4.98 Å². The van der Waals surface area contributed by atoms with Gasteiger partial charge >= 0.3 is 0 Å². The lowest BCUT2D eigenvalue weighted by molar-refractivity contribution is 0.555. The number of halogens is 3. The van der Waals surface area contributed by atoms with Crippen LogP contribution >= 0.6 is 0 Å². The Kier molecular flexibility index (Phi) is 3.10. The predicted molar refractivity (Wildman–Crippen MR) is 56.6 cm³/mol. The van der Waals surface area contributed by atoms with Crippen molar-refractivity contribution >= 4 is 0 Å². The first-order valence-electron chi connectivity index (χ1n) is 4.89. The molecular formula is C12H9F3N2. The molecule has 5 heteroatoms. The Morgan fingerprint density at radius 3 is 2.35 bits per heavy atom. The number of nitrogens with zero attached hydrogens (tertiary/aromatic N) is 1. The Morgan fingerprint density at radius 1 is 1.00 bits per heavy atom. The summed E-state index contributed by atoms with van der Waals surface area (Å²) in [5, 5.41) is 0. The molecule has 0 aliphatic rings. The average Bonchev–Trinajstić information content (AvgIpc) is 2.29. The summed E-state index contributed by atoms with van der Waals surface area (Å²) < 4.78 is 39.6. The number of hydrogen-bond acceptors (Lipinski definition) is 2. The molecule has 0 amide bonds. The van der Waals surface area contributed by atoms with Gasteiger partial charge in [-0.1, -0.05) is 6.07 Å². The summed E-state index contributed by atoms with van der Waals surface area (Å²) in [5.74, 6) is -2.12. The van der Waals surface area contributed by atoms with Crippen molar-refractivity contribution in [1.82, 2.24) is 4.98 Å². The van der Waals surface area contributed by atoms with E-state index in [0.29, 0.717) is 6.07 Å². The van der Waals surface area contributed by atoms with Crippen LogP contribution in [0.25, 0.3) is 0 Å². The Labute approximate surface area is 95.9 Å². The van der Waals surface area contributed by atoms with Crippen LogP contribution in [-0.2, 0) is 0 Å². The minimum atomic E-state index is -0.987. The SMILES string of the molecule is NC(c1ccncc1F)c1ccc(F)cc1F. The van der Waals surface area contributed by atoms with Crippen molar-refractivity contribution in [1.29, 1.82) is 0 Å². The van der Waals surface area contributed by atoms with E-state index in [2.05, 4.69) is 4.98 Å². The standard InChI is InChI=1S/C12H9F3N2/c13-7-1-2-8(10(14)5-7)12(16)9-3-4-17-6-11(9)15/h1-6,12H,16H2. The molecule has 2 N–H and O–H groups in total. The Hall–Kier alpha value is -1.88. The summed E-state index contributed by atoms with van der Waals surface area (Å²) in [6.45, 7) is 0. The van der Waals surface area contributed by atoms with Crippen LogP contribution in [0.4, 0.5) is 13.2 Å². The van der Waals surface area contributed by atoms with Gasteiger partial charge in [0.05, 0.1) is 12.2 Å². The van der Waals surface area contributed by atoms with Gasteiger partial charge in [0, 0.05) is 23.4 Å². The molecule has 0 bridgehead atoms. The highest BCUT2D eigenvalue weighted by atomic mass is 19.1. The molecule has 0 saturated carbocycles. The molecule has 1 heterocycles. The van der Waals surface area contributed by atoms with Crippen LogP contribution in [0.5, 0.6) is 0 Å². The number of benzene rings is 1. The number of pyridine rings is 1. The maximum Gasteiger partial charge on any atom is 0.146 e. The van der Waals surface area contributed by atoms with Crippen LogP contribution in [0, 0.1) is 17.5 Å². The second-order valence-corrected chi connectivity index (χ2v) is 3.54. The van der Waals surface area contributed by atoms with E-state index in [1.807, 2.05) is 0 Å². The van der Waals surface area contributed by atoms with Crippen molar-refractivity contribution in [3.8, 4) is 0 Å². The molecule has 1 aromatic carbocycles. The summed E-state index contributed by atoms with van der Waals surface area (Å²) >= 11 is 0. The van der Waals surface area contributed by atoms with Crippen molar-refractivity contribution in [2.45, 2.75) is 6.04 Å². The number of rotatable bonds is 2. The van der Waals surface area contributed by atoms with Crippen LogP contribution in [0.3, 0.4) is 0 Å². The van der Waals surface area contributed by atoms with Crippen LogP contribution in [0.1, 0.15) is 17.2 Å². The summed E-state index contributed by atoms with van der Waals surface area (Å²) in [5.41, 5.74) is 5.89. The van der Waals surface area contributed by atoms with Crippen molar-refractivity contribution in [2.24, 2.45) is 5.73 Å². The second kappa shape index (κ2) is 4.55. The maximum atomic E-state index is 13.5. The molecule has 88 valence electrons. The average molecular weight is 238 g/mol. The number of aromatic nitrogens is 1. The number of nitrogens with two attached hydrogens (primary N) is 1. The van der Waals surface area contributed by atoms with Crippen LogP contribution in [0.2, 0.25) is 0 Å². The van der Waals surface area contributed by atoms with E-state index >= 15 is 0 Å². The third-order valence-electron chi connectivity index (χ3n) is 2.44. The molecule has 0 spiro atoms. The highest BCUT2D eigenvalue weighted by Gasteiger charge is 2.17. The van der Waals surface area contributed by atoms with E-state index in [0.717, 1.165) is 12.3 Å². The fourth-order valence-corrected chi connectivity index (χ4v) is 1.56. The Bertz CT molecular complexity index is 543. The number of hydrogen-bond donors (Lipinski definition) is 1. The zero-order chi connectivity index (χ0) is 12.4. The molecule has 1 aromatic heterocycles. The lowest BCUT2D eigenvalue weighted by atomic mass is 10.00. The van der Waals surface area contributed by atoms with Crippen LogP contribution in [0.15, 0.2) is 36.7 Å². The highest BCUT2D eigenvalue weighted by molar-refractivity contribution is 5.32. The first kappa shape index (κ1) is 11.6. The third kappa shape index (κ3) is 2.29. The second-order valence-electron chi connectivity index (χ2n) is 3.54. The fourth-order valence-electron chi connectivity index (χ4n) is 1.56. The van der Waals surface area contributed by atoms with Gasteiger partial charge in [0.1, 0.15) is 17.5 Å². The largest absolute Gasteiger partial charge is 0.320 e.